The molecular weight excluding hydrogens is 260 g/mol. The van der Waals surface area contributed by atoms with E-state index in [1.165, 1.54) is 6.07 Å². The van der Waals surface area contributed by atoms with Gasteiger partial charge < -0.3 is 14.8 Å². The van der Waals surface area contributed by atoms with Crippen LogP contribution in [0.2, 0.25) is 0 Å². The highest BCUT2D eigenvalue weighted by atomic mass is 16.5. The summed E-state index contributed by atoms with van der Waals surface area (Å²) in [6, 6.07) is 4.89. The van der Waals surface area contributed by atoms with Crippen molar-refractivity contribution in [2.24, 2.45) is 0 Å². The summed E-state index contributed by atoms with van der Waals surface area (Å²) in [4.78, 5) is 25.9. The molecule has 0 atom stereocenters. The first-order chi connectivity index (χ1) is 9.56. The Labute approximate surface area is 115 Å². The van der Waals surface area contributed by atoms with Gasteiger partial charge in [-0.1, -0.05) is 6.07 Å². The third-order valence-electron chi connectivity index (χ3n) is 4.18. The van der Waals surface area contributed by atoms with Crippen molar-refractivity contribution in [1.29, 1.82) is 0 Å². The van der Waals surface area contributed by atoms with Crippen LogP contribution in [-0.2, 0) is 11.3 Å². The van der Waals surface area contributed by atoms with Crippen LogP contribution in [0, 0.1) is 0 Å². The normalized spacial score (nSPS) is 17.1. The number of H-pyrrole nitrogens is 1. The van der Waals surface area contributed by atoms with Crippen LogP contribution in [0.5, 0.6) is 0 Å². The van der Waals surface area contributed by atoms with E-state index in [-0.39, 0.29) is 16.9 Å². The summed E-state index contributed by atoms with van der Waals surface area (Å²) in [7, 11) is 1.65. The first-order valence-corrected chi connectivity index (χ1v) is 6.56. The molecule has 1 saturated carbocycles. The molecule has 0 spiro atoms. The summed E-state index contributed by atoms with van der Waals surface area (Å²) in [6.45, 7) is 0.450. The molecule has 2 N–H and O–H groups in total. The molecule has 20 heavy (non-hydrogen) atoms. The van der Waals surface area contributed by atoms with Crippen LogP contribution in [0.15, 0.2) is 23.0 Å². The Kier molecular flexibility index (Phi) is 2.90. The number of hydrogen-bond donors (Lipinski definition) is 2. The number of para-hydroxylation sites is 1. The molecule has 0 saturated heterocycles. The second-order valence-corrected chi connectivity index (χ2v) is 5.26. The number of aromatic nitrogens is 2. The first-order valence-electron chi connectivity index (χ1n) is 6.56. The van der Waals surface area contributed by atoms with E-state index in [1.807, 2.05) is 0 Å². The molecule has 6 nitrogen and oxygen atoms in total. The third-order valence-corrected chi connectivity index (χ3v) is 4.18. The summed E-state index contributed by atoms with van der Waals surface area (Å²) < 4.78 is 7.11. The number of fused-ring (bicyclic) bond motifs is 1. The fraction of sp³-hybridized carbons (Fsp3) is 0.429. The van der Waals surface area contributed by atoms with Crippen LogP contribution in [0.1, 0.15) is 29.6 Å². The third kappa shape index (κ3) is 1.84. The topological polar surface area (TPSA) is 84.3 Å². The number of aromatic amines is 1. The van der Waals surface area contributed by atoms with E-state index in [9.17, 15) is 9.59 Å². The molecule has 1 aromatic heterocycles. The summed E-state index contributed by atoms with van der Waals surface area (Å²) in [5, 5.41) is 9.16. The number of imidazole rings is 1. The van der Waals surface area contributed by atoms with E-state index in [4.69, 9.17) is 9.84 Å². The van der Waals surface area contributed by atoms with Crippen molar-refractivity contribution in [3.63, 3.8) is 0 Å². The molecule has 1 heterocycles. The van der Waals surface area contributed by atoms with Crippen LogP contribution >= 0.6 is 0 Å². The molecule has 1 aliphatic carbocycles. The van der Waals surface area contributed by atoms with Crippen LogP contribution in [0.25, 0.3) is 11.0 Å². The van der Waals surface area contributed by atoms with E-state index < -0.39 is 5.97 Å². The largest absolute Gasteiger partial charge is 0.478 e. The summed E-state index contributed by atoms with van der Waals surface area (Å²) in [5.74, 6) is -1.05. The van der Waals surface area contributed by atoms with Crippen LogP contribution in [0.3, 0.4) is 0 Å². The van der Waals surface area contributed by atoms with Crippen molar-refractivity contribution in [3.8, 4) is 0 Å². The summed E-state index contributed by atoms with van der Waals surface area (Å²) in [5.41, 5.74) is 0.502. The van der Waals surface area contributed by atoms with Gasteiger partial charge in [-0.2, -0.15) is 0 Å². The maximum atomic E-state index is 12.1. The molecule has 3 rings (SSSR count). The van der Waals surface area contributed by atoms with Gasteiger partial charge in [0.05, 0.1) is 28.7 Å². The standard InChI is InChI=1S/C14H16N2O4/c1-20-14(6-3-7-14)8-16-10-5-2-4-9(12(17)18)11(10)15-13(16)19/h2,4-5H,3,6-8H2,1H3,(H,15,19)(H,17,18). The SMILES string of the molecule is COC1(Cn2c(=O)[nH]c3c(C(=O)O)cccc32)CCC1. The monoisotopic (exact) mass is 276 g/mol. The number of carboxylic acid groups (broad SMARTS) is 1. The van der Waals surface area contributed by atoms with Gasteiger partial charge >= 0.3 is 11.7 Å². The Morgan fingerprint density at radius 2 is 2.25 bits per heavy atom. The number of benzene rings is 1. The minimum atomic E-state index is -1.05. The summed E-state index contributed by atoms with van der Waals surface area (Å²) in [6.07, 6.45) is 2.92. The minimum Gasteiger partial charge on any atom is -0.478 e. The molecule has 106 valence electrons. The minimum absolute atomic E-state index is 0.110. The quantitative estimate of drug-likeness (QED) is 0.888. The lowest BCUT2D eigenvalue weighted by atomic mass is 9.80. The number of nitrogens with one attached hydrogen (secondary N) is 1. The fourth-order valence-corrected chi connectivity index (χ4v) is 2.80. The average Bonchev–Trinajstić information content (AvgIpc) is 2.69. The van der Waals surface area contributed by atoms with Crippen LogP contribution in [-0.4, -0.2) is 33.3 Å². The van der Waals surface area contributed by atoms with Crippen molar-refractivity contribution in [2.75, 3.05) is 7.11 Å². The smallest absolute Gasteiger partial charge is 0.337 e. The molecule has 1 fully saturated rings. The molecule has 0 radical (unpaired) electrons. The van der Waals surface area contributed by atoms with Gasteiger partial charge in [0, 0.05) is 7.11 Å². The Hall–Kier alpha value is -2.08. The zero-order chi connectivity index (χ0) is 14.3. The van der Waals surface area contributed by atoms with Gasteiger partial charge in [-0.05, 0) is 31.4 Å². The zero-order valence-electron chi connectivity index (χ0n) is 11.2. The molecule has 6 heteroatoms. The molecule has 1 aliphatic rings. The molecule has 0 bridgehead atoms. The fourth-order valence-electron chi connectivity index (χ4n) is 2.80. The average molecular weight is 276 g/mol. The molecule has 1 aromatic carbocycles. The van der Waals surface area contributed by atoms with Gasteiger partial charge in [0.15, 0.2) is 0 Å². The first kappa shape index (κ1) is 12.9. The van der Waals surface area contributed by atoms with Crippen molar-refractivity contribution >= 4 is 17.0 Å². The number of nitrogens with zero attached hydrogens (tertiary/aromatic N) is 1. The van der Waals surface area contributed by atoms with Crippen molar-refractivity contribution in [1.82, 2.24) is 9.55 Å². The number of carbonyl (C=O) groups is 1. The Morgan fingerprint density at radius 1 is 1.50 bits per heavy atom. The lowest BCUT2D eigenvalue weighted by Gasteiger charge is -2.40. The highest BCUT2D eigenvalue weighted by Crippen LogP contribution is 2.36. The van der Waals surface area contributed by atoms with Gasteiger partial charge in [0.2, 0.25) is 0 Å². The predicted molar refractivity (Wildman–Crippen MR) is 73.1 cm³/mol. The number of methoxy groups -OCH3 is 1. The maximum absolute atomic E-state index is 12.1. The number of aromatic carboxylic acids is 1. The Bertz CT molecular complexity index is 719. The zero-order valence-corrected chi connectivity index (χ0v) is 11.2. The highest BCUT2D eigenvalue weighted by Gasteiger charge is 2.38. The van der Waals surface area contributed by atoms with Gasteiger partial charge in [0.25, 0.3) is 0 Å². The number of ether oxygens (including phenoxy) is 1. The van der Waals surface area contributed by atoms with E-state index in [1.54, 1.807) is 23.8 Å². The lowest BCUT2D eigenvalue weighted by molar-refractivity contribution is -0.0833. The molecule has 0 unspecified atom stereocenters. The molecule has 2 aromatic rings. The van der Waals surface area contributed by atoms with Gasteiger partial charge in [-0.15, -0.1) is 0 Å². The van der Waals surface area contributed by atoms with Gasteiger partial charge in [0.1, 0.15) is 0 Å². The Balaban J connectivity index is 2.12. The number of hydrogen-bond acceptors (Lipinski definition) is 3. The highest BCUT2D eigenvalue weighted by molar-refractivity contribution is 6.00. The van der Waals surface area contributed by atoms with Crippen molar-refractivity contribution < 1.29 is 14.6 Å². The second-order valence-electron chi connectivity index (χ2n) is 5.26. The molecule has 0 amide bonds. The molecular formula is C14H16N2O4. The molecule has 0 aliphatic heterocycles. The maximum Gasteiger partial charge on any atom is 0.337 e. The lowest BCUT2D eigenvalue weighted by Crippen LogP contribution is -2.45. The number of carboxylic acids is 1. The van der Waals surface area contributed by atoms with E-state index >= 15 is 0 Å². The van der Waals surface area contributed by atoms with Gasteiger partial charge in [-0.3, -0.25) is 4.57 Å². The number of rotatable bonds is 4. The van der Waals surface area contributed by atoms with Crippen LogP contribution in [0.4, 0.5) is 0 Å². The van der Waals surface area contributed by atoms with E-state index in [0.29, 0.717) is 17.6 Å². The predicted octanol–water partition coefficient (Wildman–Crippen LogP) is 1.60. The van der Waals surface area contributed by atoms with E-state index in [0.717, 1.165) is 19.3 Å². The van der Waals surface area contributed by atoms with E-state index in [2.05, 4.69) is 4.98 Å². The van der Waals surface area contributed by atoms with Crippen molar-refractivity contribution in [2.45, 2.75) is 31.4 Å². The van der Waals surface area contributed by atoms with Crippen LogP contribution < -0.4 is 5.69 Å². The van der Waals surface area contributed by atoms with Crippen molar-refractivity contribution in [3.05, 3.63) is 34.2 Å². The van der Waals surface area contributed by atoms with Gasteiger partial charge in [-0.25, -0.2) is 9.59 Å². The second kappa shape index (κ2) is 4.49. The Morgan fingerprint density at radius 3 is 2.80 bits per heavy atom. The summed E-state index contributed by atoms with van der Waals surface area (Å²) >= 11 is 0.